The molecule has 0 saturated heterocycles. The van der Waals surface area contributed by atoms with Gasteiger partial charge < -0.3 is 0 Å². The van der Waals surface area contributed by atoms with Gasteiger partial charge in [0.25, 0.3) is 0 Å². The van der Waals surface area contributed by atoms with Crippen molar-refractivity contribution >= 4 is 0 Å². The first kappa shape index (κ1) is 32.1. The predicted molar refractivity (Wildman–Crippen MR) is 223 cm³/mol. The lowest BCUT2D eigenvalue weighted by atomic mass is 9.60. The van der Waals surface area contributed by atoms with Crippen molar-refractivity contribution in [1.82, 2.24) is 25.1 Å². The summed E-state index contributed by atoms with van der Waals surface area (Å²) in [5, 5.41) is 8.55. The van der Waals surface area contributed by atoms with Crippen LogP contribution < -0.4 is 0 Å². The Kier molecular flexibility index (Phi) is 7.56. The molecule has 3 aliphatic carbocycles. The summed E-state index contributed by atoms with van der Waals surface area (Å²) >= 11 is 0. The summed E-state index contributed by atoms with van der Waals surface area (Å²) in [6.07, 6.45) is 1.72. The van der Waals surface area contributed by atoms with Gasteiger partial charge in [0.05, 0.1) is 5.69 Å². The molecule has 0 radical (unpaired) electrons. The summed E-state index contributed by atoms with van der Waals surface area (Å²) in [7, 11) is 0. The van der Waals surface area contributed by atoms with Gasteiger partial charge in [-0.1, -0.05) is 158 Å². The molecule has 2 heterocycles. The van der Waals surface area contributed by atoms with Crippen LogP contribution in [-0.2, 0) is 0 Å². The SMILES string of the molecule is c1ccc(-c2ccc(-c3nc(-c4ccccc4)nc(-c4ccc(-c5ccc6c(c5)C5c7ccccc7C6c6cc(-c7cccnn7)ccc65)cc4)n3)cc2)cc1. The fraction of sp³-hybridized carbons (Fsp3) is 0.0392. The van der Waals surface area contributed by atoms with Crippen LogP contribution in [0.4, 0.5) is 0 Å². The fourth-order valence-electron chi connectivity index (χ4n) is 8.62. The topological polar surface area (TPSA) is 64.5 Å². The smallest absolute Gasteiger partial charge is 0.164 e. The van der Waals surface area contributed by atoms with Crippen molar-refractivity contribution in [3.8, 4) is 67.7 Å². The molecule has 5 nitrogen and oxygen atoms in total. The lowest BCUT2D eigenvalue weighted by molar-refractivity contribution is 0.755. The normalized spacial score (nSPS) is 14.8. The molecule has 9 aromatic rings. The van der Waals surface area contributed by atoms with E-state index >= 15 is 0 Å². The predicted octanol–water partition coefficient (Wildman–Crippen LogP) is 11.7. The summed E-state index contributed by atoms with van der Waals surface area (Å²) in [4.78, 5) is 15.0. The van der Waals surface area contributed by atoms with Crippen LogP contribution in [0.25, 0.3) is 67.7 Å². The molecule has 3 aliphatic rings. The van der Waals surface area contributed by atoms with Crippen LogP contribution in [-0.4, -0.2) is 25.1 Å². The van der Waals surface area contributed by atoms with Gasteiger partial charge in [-0.3, -0.25) is 0 Å². The van der Waals surface area contributed by atoms with Gasteiger partial charge >= 0.3 is 0 Å². The molecule has 12 rings (SSSR count). The average molecular weight is 716 g/mol. The van der Waals surface area contributed by atoms with Crippen LogP contribution >= 0.6 is 0 Å². The fourth-order valence-corrected chi connectivity index (χ4v) is 8.62. The summed E-state index contributed by atoms with van der Waals surface area (Å²) in [6, 6.07) is 64.4. The number of benzene rings is 7. The highest BCUT2D eigenvalue weighted by atomic mass is 15.1. The molecule has 0 N–H and O–H groups in total. The van der Waals surface area contributed by atoms with Gasteiger partial charge in [0.1, 0.15) is 0 Å². The van der Waals surface area contributed by atoms with Gasteiger partial charge in [-0.25, -0.2) is 15.0 Å². The first-order valence-electron chi connectivity index (χ1n) is 19.0. The Morgan fingerprint density at radius 1 is 0.286 bits per heavy atom. The van der Waals surface area contributed by atoms with Gasteiger partial charge in [0.2, 0.25) is 0 Å². The zero-order valence-corrected chi connectivity index (χ0v) is 30.3. The van der Waals surface area contributed by atoms with Crippen LogP contribution in [0.5, 0.6) is 0 Å². The minimum absolute atomic E-state index is 0.165. The second-order valence-corrected chi connectivity index (χ2v) is 14.5. The highest BCUT2D eigenvalue weighted by Gasteiger charge is 2.41. The molecule has 5 heteroatoms. The third-order valence-corrected chi connectivity index (χ3v) is 11.3. The van der Waals surface area contributed by atoms with Crippen molar-refractivity contribution in [3.05, 3.63) is 222 Å². The van der Waals surface area contributed by atoms with Crippen LogP contribution in [0.2, 0.25) is 0 Å². The second-order valence-electron chi connectivity index (χ2n) is 14.5. The first-order chi connectivity index (χ1) is 27.7. The zero-order chi connectivity index (χ0) is 37.0. The number of aromatic nitrogens is 5. The van der Waals surface area contributed by atoms with Gasteiger partial charge in [-0.2, -0.15) is 10.2 Å². The van der Waals surface area contributed by atoms with E-state index in [1.807, 2.05) is 48.5 Å². The largest absolute Gasteiger partial charge is 0.208 e. The molecule has 2 unspecified atom stereocenters. The van der Waals surface area contributed by atoms with E-state index in [0.29, 0.717) is 17.5 Å². The first-order valence-corrected chi connectivity index (χ1v) is 19.0. The Labute approximate surface area is 325 Å². The summed E-state index contributed by atoms with van der Waals surface area (Å²) in [6.45, 7) is 0. The molecule has 262 valence electrons. The minimum atomic E-state index is 0.165. The van der Waals surface area contributed by atoms with E-state index in [1.54, 1.807) is 6.20 Å². The van der Waals surface area contributed by atoms with E-state index in [0.717, 1.165) is 39.1 Å². The molecular formula is C51H33N5. The van der Waals surface area contributed by atoms with E-state index in [1.165, 1.54) is 44.5 Å². The van der Waals surface area contributed by atoms with E-state index in [9.17, 15) is 0 Å². The summed E-state index contributed by atoms with van der Waals surface area (Å²) in [5.74, 6) is 2.27. The van der Waals surface area contributed by atoms with Gasteiger partial charge in [0, 0.05) is 40.3 Å². The van der Waals surface area contributed by atoms with Crippen molar-refractivity contribution in [1.29, 1.82) is 0 Å². The van der Waals surface area contributed by atoms with Crippen molar-refractivity contribution < 1.29 is 0 Å². The van der Waals surface area contributed by atoms with E-state index in [-0.39, 0.29) is 11.8 Å². The van der Waals surface area contributed by atoms with Gasteiger partial charge in [-0.05, 0) is 79.9 Å². The molecule has 56 heavy (non-hydrogen) atoms. The number of nitrogens with zero attached hydrogens (tertiary/aromatic N) is 5. The monoisotopic (exact) mass is 715 g/mol. The van der Waals surface area contributed by atoms with Gasteiger partial charge in [-0.15, -0.1) is 0 Å². The van der Waals surface area contributed by atoms with Crippen LogP contribution in [0.1, 0.15) is 45.2 Å². The standard InChI is InChI=1S/C51H33N5/c1-3-10-32(11-4-1)33-17-21-36(22-18-33)50-53-49(35-12-5-2-6-13-35)54-51(55-50)37-23-19-34(20-24-37)38-25-27-42-44(30-38)47-40-14-7-8-15-41(40)48(42)45-31-39(26-28-43(45)47)46-16-9-29-52-56-46/h1-31,47-48H. The molecule has 2 bridgehead atoms. The maximum Gasteiger partial charge on any atom is 0.164 e. The molecule has 2 atom stereocenters. The number of rotatable bonds is 6. The molecule has 7 aromatic carbocycles. The minimum Gasteiger partial charge on any atom is -0.208 e. The van der Waals surface area contributed by atoms with Gasteiger partial charge in [0.15, 0.2) is 17.5 Å². The van der Waals surface area contributed by atoms with Crippen molar-refractivity contribution in [2.45, 2.75) is 11.8 Å². The van der Waals surface area contributed by atoms with E-state index in [4.69, 9.17) is 15.0 Å². The van der Waals surface area contributed by atoms with Crippen LogP contribution in [0.3, 0.4) is 0 Å². The number of hydrogen-bond acceptors (Lipinski definition) is 5. The zero-order valence-electron chi connectivity index (χ0n) is 30.3. The summed E-state index contributed by atoms with van der Waals surface area (Å²) < 4.78 is 0. The van der Waals surface area contributed by atoms with Crippen LogP contribution in [0.15, 0.2) is 188 Å². The van der Waals surface area contributed by atoms with Crippen molar-refractivity contribution in [3.63, 3.8) is 0 Å². The molecule has 2 aromatic heterocycles. The molecule has 0 aliphatic heterocycles. The molecule has 0 saturated carbocycles. The highest BCUT2D eigenvalue weighted by Crippen LogP contribution is 2.56. The maximum atomic E-state index is 5.03. The van der Waals surface area contributed by atoms with Crippen molar-refractivity contribution in [2.75, 3.05) is 0 Å². The Hall–Kier alpha value is -7.37. The quantitative estimate of drug-likeness (QED) is 0.171. The Balaban J connectivity index is 0.949. The Morgan fingerprint density at radius 2 is 0.679 bits per heavy atom. The molecular weight excluding hydrogens is 683 g/mol. The van der Waals surface area contributed by atoms with E-state index < -0.39 is 0 Å². The molecule has 0 fully saturated rings. The van der Waals surface area contributed by atoms with E-state index in [2.05, 4.69) is 144 Å². The Bertz CT molecular complexity index is 2890. The molecule has 0 spiro atoms. The molecule has 0 amide bonds. The highest BCUT2D eigenvalue weighted by molar-refractivity contribution is 5.77. The average Bonchev–Trinajstić information content (AvgIpc) is 3.29. The van der Waals surface area contributed by atoms with Crippen molar-refractivity contribution in [2.24, 2.45) is 0 Å². The third-order valence-electron chi connectivity index (χ3n) is 11.3. The second kappa shape index (κ2) is 13.2. The lowest BCUT2D eigenvalue weighted by Crippen LogP contribution is -2.27. The summed E-state index contributed by atoms with van der Waals surface area (Å²) in [5.41, 5.74) is 17.8. The lowest BCUT2D eigenvalue weighted by Gasteiger charge is -2.42. The Morgan fingerprint density at radius 3 is 1.21 bits per heavy atom. The maximum absolute atomic E-state index is 5.03. The number of hydrogen-bond donors (Lipinski definition) is 0. The third kappa shape index (κ3) is 5.44. The van der Waals surface area contributed by atoms with Crippen LogP contribution in [0, 0.1) is 0 Å².